The van der Waals surface area contributed by atoms with E-state index in [1.165, 1.54) is 0 Å². The maximum absolute atomic E-state index is 6.47. The van der Waals surface area contributed by atoms with Gasteiger partial charge in [0.15, 0.2) is 0 Å². The molecule has 2 aromatic rings. The highest BCUT2D eigenvalue weighted by Gasteiger charge is 2.24. The summed E-state index contributed by atoms with van der Waals surface area (Å²) >= 11 is 0. The van der Waals surface area contributed by atoms with E-state index in [4.69, 9.17) is 16.2 Å². The van der Waals surface area contributed by atoms with Crippen LogP contribution >= 0.6 is 0 Å². The molecular formula is C17H24N4O. The summed E-state index contributed by atoms with van der Waals surface area (Å²) in [7, 11) is 1.63. The molecule has 1 aliphatic carbocycles. The number of rotatable bonds is 4. The number of pyridine rings is 2. The summed E-state index contributed by atoms with van der Waals surface area (Å²) in [4.78, 5) is 8.92. The Balaban J connectivity index is 1.80. The van der Waals surface area contributed by atoms with Crippen molar-refractivity contribution < 1.29 is 4.74 Å². The average molecular weight is 300 g/mol. The fraction of sp³-hybridized carbons (Fsp3) is 0.529. The molecule has 2 heterocycles. The second-order valence-electron chi connectivity index (χ2n) is 6.23. The molecule has 1 atom stereocenters. The minimum Gasteiger partial charge on any atom is -0.481 e. The van der Waals surface area contributed by atoms with Gasteiger partial charge < -0.3 is 16.2 Å². The molecule has 1 fully saturated rings. The van der Waals surface area contributed by atoms with E-state index in [2.05, 4.69) is 9.97 Å². The fourth-order valence-corrected chi connectivity index (χ4v) is 3.33. The zero-order chi connectivity index (χ0) is 15.5. The predicted molar refractivity (Wildman–Crippen MR) is 87.7 cm³/mol. The Morgan fingerprint density at radius 3 is 2.73 bits per heavy atom. The van der Waals surface area contributed by atoms with Crippen molar-refractivity contribution in [3.63, 3.8) is 0 Å². The van der Waals surface area contributed by atoms with Crippen molar-refractivity contribution in [2.24, 2.45) is 17.4 Å². The van der Waals surface area contributed by atoms with Crippen molar-refractivity contribution in [1.82, 2.24) is 9.97 Å². The minimum atomic E-state index is 0.145. The van der Waals surface area contributed by atoms with Crippen molar-refractivity contribution in [3.05, 3.63) is 30.0 Å². The van der Waals surface area contributed by atoms with Crippen LogP contribution in [0, 0.1) is 5.92 Å². The second kappa shape index (κ2) is 6.58. The van der Waals surface area contributed by atoms with Crippen LogP contribution in [0.4, 0.5) is 0 Å². The third kappa shape index (κ3) is 3.20. The Morgan fingerprint density at radius 1 is 1.23 bits per heavy atom. The number of aromatic nitrogens is 2. The lowest BCUT2D eigenvalue weighted by Gasteiger charge is -2.30. The van der Waals surface area contributed by atoms with Gasteiger partial charge in [-0.2, -0.15) is 0 Å². The second-order valence-corrected chi connectivity index (χ2v) is 6.23. The lowest BCUT2D eigenvalue weighted by Crippen LogP contribution is -2.37. The van der Waals surface area contributed by atoms with E-state index in [1.54, 1.807) is 7.11 Å². The highest BCUT2D eigenvalue weighted by atomic mass is 16.5. The minimum absolute atomic E-state index is 0.145. The monoisotopic (exact) mass is 300 g/mol. The van der Waals surface area contributed by atoms with Crippen molar-refractivity contribution in [3.8, 4) is 5.88 Å². The number of nitrogens with zero attached hydrogens (tertiary/aromatic N) is 2. The van der Waals surface area contributed by atoms with Crippen molar-refractivity contribution >= 4 is 11.0 Å². The molecule has 4 N–H and O–H groups in total. The van der Waals surface area contributed by atoms with Gasteiger partial charge in [0, 0.05) is 24.3 Å². The Labute approximate surface area is 131 Å². The van der Waals surface area contributed by atoms with Gasteiger partial charge in [0.1, 0.15) is 0 Å². The molecular weight excluding hydrogens is 276 g/mol. The zero-order valence-corrected chi connectivity index (χ0v) is 13.0. The largest absolute Gasteiger partial charge is 0.481 e. The Bertz CT molecular complexity index is 638. The molecule has 1 saturated carbocycles. The van der Waals surface area contributed by atoms with E-state index in [-0.39, 0.29) is 6.04 Å². The smallest absolute Gasteiger partial charge is 0.213 e. The molecule has 2 aromatic heterocycles. The lowest BCUT2D eigenvalue weighted by atomic mass is 9.80. The van der Waals surface area contributed by atoms with Crippen LogP contribution in [0.25, 0.3) is 11.0 Å². The molecule has 5 nitrogen and oxygen atoms in total. The predicted octanol–water partition coefficient (Wildman–Crippen LogP) is 2.03. The van der Waals surface area contributed by atoms with Crippen LogP contribution in [0.2, 0.25) is 0 Å². The summed E-state index contributed by atoms with van der Waals surface area (Å²) in [6.07, 6.45) is 7.07. The van der Waals surface area contributed by atoms with Crippen LogP contribution in [-0.2, 0) is 6.42 Å². The van der Waals surface area contributed by atoms with Crippen molar-refractivity contribution in [2.75, 3.05) is 7.11 Å². The topological polar surface area (TPSA) is 87.0 Å². The number of ether oxygens (including phenoxy) is 1. The van der Waals surface area contributed by atoms with Gasteiger partial charge in [-0.3, -0.25) is 4.98 Å². The number of fused-ring (bicyclic) bond motifs is 1. The molecule has 0 bridgehead atoms. The van der Waals surface area contributed by atoms with Crippen LogP contribution in [0.15, 0.2) is 24.4 Å². The summed E-state index contributed by atoms with van der Waals surface area (Å²) < 4.78 is 5.23. The number of hydrogen-bond donors (Lipinski definition) is 2. The maximum atomic E-state index is 6.47. The van der Waals surface area contributed by atoms with E-state index < -0.39 is 0 Å². The Morgan fingerprint density at radius 2 is 2.00 bits per heavy atom. The Hall–Kier alpha value is -1.72. The van der Waals surface area contributed by atoms with Crippen LogP contribution in [0.3, 0.4) is 0 Å². The summed E-state index contributed by atoms with van der Waals surface area (Å²) in [5.74, 6) is 1.16. The van der Waals surface area contributed by atoms with Crippen LogP contribution in [-0.4, -0.2) is 29.2 Å². The molecule has 0 radical (unpaired) electrons. The SMILES string of the molecule is COc1ccc2nccc(CC(N)C3CCC(N)CC3)c2n1. The molecule has 1 unspecified atom stereocenters. The summed E-state index contributed by atoms with van der Waals surface area (Å²) in [5, 5.41) is 0. The molecule has 0 aliphatic heterocycles. The molecule has 0 saturated heterocycles. The van der Waals surface area contributed by atoms with Crippen LogP contribution in [0.1, 0.15) is 31.2 Å². The van der Waals surface area contributed by atoms with Gasteiger partial charge in [-0.05, 0) is 55.7 Å². The summed E-state index contributed by atoms with van der Waals surface area (Å²) in [5.41, 5.74) is 15.4. The molecule has 1 aliphatic rings. The molecule has 0 spiro atoms. The number of nitrogens with two attached hydrogens (primary N) is 2. The zero-order valence-electron chi connectivity index (χ0n) is 13.0. The van der Waals surface area contributed by atoms with Crippen molar-refractivity contribution in [2.45, 2.75) is 44.2 Å². The normalized spacial score (nSPS) is 23.4. The first-order valence-electron chi connectivity index (χ1n) is 7.97. The number of hydrogen-bond acceptors (Lipinski definition) is 5. The standard InChI is InChI=1S/C17H24N4O/c1-22-16-7-6-15-17(21-16)12(8-9-20-15)10-14(19)11-2-4-13(18)5-3-11/h6-9,11,13-14H,2-5,10,18-19H2,1H3. The van der Waals surface area contributed by atoms with E-state index in [0.717, 1.165) is 48.7 Å². The third-order valence-corrected chi connectivity index (χ3v) is 4.73. The summed E-state index contributed by atoms with van der Waals surface area (Å²) in [6.45, 7) is 0. The van der Waals surface area contributed by atoms with E-state index in [9.17, 15) is 0 Å². The molecule has 0 aromatic carbocycles. The van der Waals surface area contributed by atoms with Gasteiger partial charge >= 0.3 is 0 Å². The lowest BCUT2D eigenvalue weighted by molar-refractivity contribution is 0.281. The van der Waals surface area contributed by atoms with Crippen molar-refractivity contribution in [1.29, 1.82) is 0 Å². The van der Waals surface area contributed by atoms with Crippen LogP contribution in [0.5, 0.6) is 5.88 Å². The molecule has 5 heteroatoms. The van der Waals surface area contributed by atoms with Crippen LogP contribution < -0.4 is 16.2 Å². The van der Waals surface area contributed by atoms with Gasteiger partial charge in [-0.25, -0.2) is 4.98 Å². The highest BCUT2D eigenvalue weighted by molar-refractivity contribution is 5.78. The molecule has 0 amide bonds. The summed E-state index contributed by atoms with van der Waals surface area (Å²) in [6, 6.07) is 6.29. The Kier molecular flexibility index (Phi) is 4.55. The van der Waals surface area contributed by atoms with Gasteiger partial charge in [-0.1, -0.05) is 0 Å². The van der Waals surface area contributed by atoms with Gasteiger partial charge in [-0.15, -0.1) is 0 Å². The first-order chi connectivity index (χ1) is 10.7. The molecule has 118 valence electrons. The first kappa shape index (κ1) is 15.2. The quantitative estimate of drug-likeness (QED) is 0.902. The maximum Gasteiger partial charge on any atom is 0.213 e. The van der Waals surface area contributed by atoms with Gasteiger partial charge in [0.2, 0.25) is 5.88 Å². The third-order valence-electron chi connectivity index (χ3n) is 4.73. The van der Waals surface area contributed by atoms with E-state index in [1.807, 2.05) is 24.4 Å². The highest BCUT2D eigenvalue weighted by Crippen LogP contribution is 2.28. The number of methoxy groups -OCH3 is 1. The first-order valence-corrected chi connectivity index (χ1v) is 7.97. The fourth-order valence-electron chi connectivity index (χ4n) is 3.33. The van der Waals surface area contributed by atoms with Gasteiger partial charge in [0.25, 0.3) is 0 Å². The van der Waals surface area contributed by atoms with E-state index in [0.29, 0.717) is 17.8 Å². The molecule has 3 rings (SSSR count). The average Bonchev–Trinajstić information content (AvgIpc) is 2.55. The molecule has 22 heavy (non-hydrogen) atoms. The van der Waals surface area contributed by atoms with Gasteiger partial charge in [0.05, 0.1) is 18.1 Å². The van der Waals surface area contributed by atoms with E-state index >= 15 is 0 Å².